The predicted molar refractivity (Wildman–Crippen MR) is 83.6 cm³/mol. The molecule has 0 bridgehead atoms. The molecule has 0 radical (unpaired) electrons. The zero-order valence-corrected chi connectivity index (χ0v) is 12.1. The zero-order chi connectivity index (χ0) is 14.1. The smallest absolute Gasteiger partial charge is 0.105 e. The van der Waals surface area contributed by atoms with Gasteiger partial charge in [0, 0.05) is 7.05 Å². The molecule has 0 amide bonds. The van der Waals surface area contributed by atoms with E-state index in [-0.39, 0.29) is 0 Å². The van der Waals surface area contributed by atoms with Crippen LogP contribution in [0.25, 0.3) is 22.4 Å². The standard InChI is InChI=1S/C18H18N2/c1-13-4-6-15(7-5-13)16-8-10-17(11-9-16)18-12-19-14(2)20(18)3/h4-12H,1-3H3. The molecule has 2 nitrogen and oxygen atoms in total. The number of hydrogen-bond acceptors (Lipinski definition) is 1. The van der Waals surface area contributed by atoms with Crippen LogP contribution >= 0.6 is 0 Å². The van der Waals surface area contributed by atoms with Crippen LogP contribution in [0.15, 0.2) is 54.7 Å². The van der Waals surface area contributed by atoms with Gasteiger partial charge in [0.05, 0.1) is 11.9 Å². The van der Waals surface area contributed by atoms with Crippen molar-refractivity contribution in [3.05, 3.63) is 66.1 Å². The summed E-state index contributed by atoms with van der Waals surface area (Å²) >= 11 is 0. The summed E-state index contributed by atoms with van der Waals surface area (Å²) in [6, 6.07) is 17.3. The Hall–Kier alpha value is -2.35. The lowest BCUT2D eigenvalue weighted by molar-refractivity contribution is 0.865. The molecule has 0 saturated heterocycles. The second kappa shape index (κ2) is 4.97. The van der Waals surface area contributed by atoms with Crippen molar-refractivity contribution in [1.82, 2.24) is 9.55 Å². The normalized spacial score (nSPS) is 10.8. The van der Waals surface area contributed by atoms with E-state index >= 15 is 0 Å². The van der Waals surface area contributed by atoms with Crippen LogP contribution in [0.4, 0.5) is 0 Å². The first-order valence-corrected chi connectivity index (χ1v) is 6.81. The van der Waals surface area contributed by atoms with E-state index in [1.807, 2.05) is 20.2 Å². The molecule has 2 heteroatoms. The van der Waals surface area contributed by atoms with Crippen LogP contribution < -0.4 is 0 Å². The van der Waals surface area contributed by atoms with E-state index in [0.717, 1.165) is 11.5 Å². The van der Waals surface area contributed by atoms with Crippen molar-refractivity contribution in [3.8, 4) is 22.4 Å². The van der Waals surface area contributed by atoms with E-state index in [1.165, 1.54) is 22.3 Å². The molecule has 0 aliphatic rings. The molecule has 0 N–H and O–H groups in total. The van der Waals surface area contributed by atoms with Gasteiger partial charge in [-0.25, -0.2) is 4.98 Å². The lowest BCUT2D eigenvalue weighted by Gasteiger charge is -2.06. The molecule has 100 valence electrons. The van der Waals surface area contributed by atoms with Gasteiger partial charge in [-0.3, -0.25) is 0 Å². The fraction of sp³-hybridized carbons (Fsp3) is 0.167. The molecule has 0 spiro atoms. The molecule has 2 aromatic carbocycles. The molecule has 1 aromatic heterocycles. The highest BCUT2D eigenvalue weighted by atomic mass is 15.0. The summed E-state index contributed by atoms with van der Waals surface area (Å²) in [7, 11) is 2.05. The van der Waals surface area contributed by atoms with Crippen molar-refractivity contribution in [2.75, 3.05) is 0 Å². The maximum Gasteiger partial charge on any atom is 0.105 e. The maximum absolute atomic E-state index is 4.35. The molecule has 1 heterocycles. The van der Waals surface area contributed by atoms with Gasteiger partial charge in [0.15, 0.2) is 0 Å². The predicted octanol–water partition coefficient (Wildman–Crippen LogP) is 4.37. The van der Waals surface area contributed by atoms with E-state index in [2.05, 4.69) is 65.0 Å². The summed E-state index contributed by atoms with van der Waals surface area (Å²) in [5, 5.41) is 0. The average Bonchev–Trinajstić information content (AvgIpc) is 2.80. The highest BCUT2D eigenvalue weighted by Gasteiger charge is 2.05. The van der Waals surface area contributed by atoms with Crippen LogP contribution in [-0.4, -0.2) is 9.55 Å². The van der Waals surface area contributed by atoms with Crippen LogP contribution in [-0.2, 0) is 7.05 Å². The first-order chi connectivity index (χ1) is 9.65. The highest BCUT2D eigenvalue weighted by Crippen LogP contribution is 2.25. The van der Waals surface area contributed by atoms with Crippen molar-refractivity contribution in [3.63, 3.8) is 0 Å². The third-order valence-electron chi connectivity index (χ3n) is 3.79. The Morgan fingerprint density at radius 3 is 1.75 bits per heavy atom. The van der Waals surface area contributed by atoms with Crippen molar-refractivity contribution >= 4 is 0 Å². The van der Waals surface area contributed by atoms with Crippen molar-refractivity contribution in [1.29, 1.82) is 0 Å². The molecule has 0 atom stereocenters. The van der Waals surface area contributed by atoms with E-state index in [4.69, 9.17) is 0 Å². The van der Waals surface area contributed by atoms with Gasteiger partial charge in [-0.1, -0.05) is 54.1 Å². The van der Waals surface area contributed by atoms with Crippen LogP contribution in [0, 0.1) is 13.8 Å². The molecular formula is C18H18N2. The Kier molecular flexibility index (Phi) is 3.15. The van der Waals surface area contributed by atoms with Crippen LogP contribution in [0.3, 0.4) is 0 Å². The minimum Gasteiger partial charge on any atom is -0.331 e. The van der Waals surface area contributed by atoms with Crippen LogP contribution in [0.5, 0.6) is 0 Å². The van der Waals surface area contributed by atoms with Gasteiger partial charge in [-0.05, 0) is 30.5 Å². The summed E-state index contributed by atoms with van der Waals surface area (Å²) < 4.78 is 2.11. The Labute approximate surface area is 119 Å². The maximum atomic E-state index is 4.35. The van der Waals surface area contributed by atoms with Gasteiger partial charge in [0.2, 0.25) is 0 Å². The summed E-state index contributed by atoms with van der Waals surface area (Å²) in [5.74, 6) is 1.03. The summed E-state index contributed by atoms with van der Waals surface area (Å²) in [5.41, 5.74) is 6.13. The second-order valence-corrected chi connectivity index (χ2v) is 5.19. The van der Waals surface area contributed by atoms with Gasteiger partial charge in [-0.15, -0.1) is 0 Å². The fourth-order valence-electron chi connectivity index (χ4n) is 2.35. The number of hydrogen-bond donors (Lipinski definition) is 0. The quantitative estimate of drug-likeness (QED) is 0.670. The van der Waals surface area contributed by atoms with E-state index in [0.29, 0.717) is 0 Å². The summed E-state index contributed by atoms with van der Waals surface area (Å²) in [4.78, 5) is 4.35. The van der Waals surface area contributed by atoms with Gasteiger partial charge < -0.3 is 4.57 Å². The molecule has 20 heavy (non-hydrogen) atoms. The van der Waals surface area contributed by atoms with Gasteiger partial charge >= 0.3 is 0 Å². The molecule has 3 rings (SSSR count). The number of aromatic nitrogens is 2. The number of benzene rings is 2. The first kappa shape index (κ1) is 12.7. The Morgan fingerprint density at radius 2 is 1.25 bits per heavy atom. The van der Waals surface area contributed by atoms with Crippen molar-refractivity contribution < 1.29 is 0 Å². The highest BCUT2D eigenvalue weighted by molar-refractivity contribution is 5.69. The molecule has 3 aromatic rings. The monoisotopic (exact) mass is 262 g/mol. The Bertz CT molecular complexity index is 719. The number of nitrogens with zero attached hydrogens (tertiary/aromatic N) is 2. The molecule has 0 saturated carbocycles. The Balaban J connectivity index is 1.95. The van der Waals surface area contributed by atoms with Gasteiger partial charge in [-0.2, -0.15) is 0 Å². The largest absolute Gasteiger partial charge is 0.331 e. The summed E-state index contributed by atoms with van der Waals surface area (Å²) in [6.07, 6.45) is 1.93. The molecule has 0 aliphatic heterocycles. The molecule has 0 aliphatic carbocycles. The number of rotatable bonds is 2. The van der Waals surface area contributed by atoms with E-state index < -0.39 is 0 Å². The zero-order valence-electron chi connectivity index (χ0n) is 12.1. The number of imidazole rings is 1. The van der Waals surface area contributed by atoms with E-state index in [9.17, 15) is 0 Å². The van der Waals surface area contributed by atoms with Crippen LogP contribution in [0.2, 0.25) is 0 Å². The lowest BCUT2D eigenvalue weighted by Crippen LogP contribution is -1.94. The minimum atomic E-state index is 1.03. The second-order valence-electron chi connectivity index (χ2n) is 5.19. The third kappa shape index (κ3) is 2.25. The minimum absolute atomic E-state index is 1.03. The topological polar surface area (TPSA) is 17.8 Å². The third-order valence-corrected chi connectivity index (χ3v) is 3.79. The average molecular weight is 262 g/mol. The van der Waals surface area contributed by atoms with Crippen molar-refractivity contribution in [2.24, 2.45) is 7.05 Å². The molecule has 0 fully saturated rings. The fourth-order valence-corrected chi connectivity index (χ4v) is 2.35. The van der Waals surface area contributed by atoms with E-state index in [1.54, 1.807) is 0 Å². The molecule has 0 unspecified atom stereocenters. The Morgan fingerprint density at radius 1 is 0.750 bits per heavy atom. The van der Waals surface area contributed by atoms with Crippen LogP contribution in [0.1, 0.15) is 11.4 Å². The van der Waals surface area contributed by atoms with Crippen molar-refractivity contribution in [2.45, 2.75) is 13.8 Å². The SMILES string of the molecule is Cc1ccc(-c2ccc(-c3cnc(C)n3C)cc2)cc1. The molecular weight excluding hydrogens is 244 g/mol. The first-order valence-electron chi connectivity index (χ1n) is 6.81. The van der Waals surface area contributed by atoms with Gasteiger partial charge in [0.1, 0.15) is 5.82 Å². The number of aryl methyl sites for hydroxylation is 2. The van der Waals surface area contributed by atoms with Gasteiger partial charge in [0.25, 0.3) is 0 Å². The summed E-state index contributed by atoms with van der Waals surface area (Å²) in [6.45, 7) is 4.13. The lowest BCUT2D eigenvalue weighted by atomic mass is 10.0.